The maximum Gasteiger partial charge on any atom is 0.0489 e. The van der Waals surface area contributed by atoms with E-state index in [4.69, 9.17) is 10.5 Å². The van der Waals surface area contributed by atoms with Gasteiger partial charge in [0.05, 0.1) is 0 Å². The Kier molecular flexibility index (Phi) is 5.07. The van der Waals surface area contributed by atoms with Crippen LogP contribution in [0.25, 0.3) is 0 Å². The molecule has 0 aliphatic heterocycles. The number of hydrogen-bond donors (Lipinski definition) is 1. The fraction of sp³-hybridized carbons (Fsp3) is 1.00. The molecule has 0 amide bonds. The summed E-state index contributed by atoms with van der Waals surface area (Å²) in [6, 6.07) is 0. The van der Waals surface area contributed by atoms with Crippen molar-refractivity contribution in [2.45, 2.75) is 58.4 Å². The van der Waals surface area contributed by atoms with E-state index < -0.39 is 0 Å². The third-order valence-electron chi connectivity index (χ3n) is 3.47. The van der Waals surface area contributed by atoms with Gasteiger partial charge in [-0.1, -0.05) is 20.8 Å². The lowest BCUT2D eigenvalue weighted by Crippen LogP contribution is -2.44. The standard InChI is InChI=1S/C13H27NO/c1-11(2)10-15-9-8-13(14)6-4-12(3)5-7-13/h11-12H,4-10,14H2,1-3H3. The van der Waals surface area contributed by atoms with E-state index in [1.54, 1.807) is 0 Å². The second-order valence-electron chi connectivity index (χ2n) is 5.76. The van der Waals surface area contributed by atoms with Gasteiger partial charge in [-0.05, 0) is 43.9 Å². The van der Waals surface area contributed by atoms with E-state index in [2.05, 4.69) is 20.8 Å². The highest BCUT2D eigenvalue weighted by Crippen LogP contribution is 2.32. The Hall–Kier alpha value is -0.0800. The van der Waals surface area contributed by atoms with Crippen LogP contribution in [0, 0.1) is 11.8 Å². The van der Waals surface area contributed by atoms with Crippen LogP contribution in [0.1, 0.15) is 52.9 Å². The van der Waals surface area contributed by atoms with Gasteiger partial charge in [0, 0.05) is 18.8 Å². The first-order chi connectivity index (χ1) is 7.02. The van der Waals surface area contributed by atoms with Gasteiger partial charge in [-0.2, -0.15) is 0 Å². The van der Waals surface area contributed by atoms with E-state index in [0.29, 0.717) is 5.92 Å². The molecule has 0 aromatic carbocycles. The molecule has 0 radical (unpaired) electrons. The third kappa shape index (κ3) is 4.98. The zero-order chi connectivity index (χ0) is 11.3. The second-order valence-corrected chi connectivity index (χ2v) is 5.76. The Morgan fingerprint density at radius 3 is 2.47 bits per heavy atom. The Morgan fingerprint density at radius 2 is 1.93 bits per heavy atom. The predicted octanol–water partition coefficient (Wildman–Crippen LogP) is 2.96. The van der Waals surface area contributed by atoms with Crippen molar-refractivity contribution in [3.8, 4) is 0 Å². The molecular formula is C13H27NO. The van der Waals surface area contributed by atoms with Crippen molar-refractivity contribution in [2.24, 2.45) is 17.6 Å². The van der Waals surface area contributed by atoms with Gasteiger partial charge in [0.15, 0.2) is 0 Å². The molecule has 2 heteroatoms. The summed E-state index contributed by atoms with van der Waals surface area (Å²) in [5.74, 6) is 1.50. The van der Waals surface area contributed by atoms with Crippen molar-refractivity contribution >= 4 is 0 Å². The van der Waals surface area contributed by atoms with Gasteiger partial charge in [-0.15, -0.1) is 0 Å². The van der Waals surface area contributed by atoms with Crippen molar-refractivity contribution in [1.82, 2.24) is 0 Å². The van der Waals surface area contributed by atoms with E-state index >= 15 is 0 Å². The van der Waals surface area contributed by atoms with Crippen LogP contribution >= 0.6 is 0 Å². The fourth-order valence-corrected chi connectivity index (χ4v) is 2.18. The zero-order valence-electron chi connectivity index (χ0n) is 10.6. The highest BCUT2D eigenvalue weighted by atomic mass is 16.5. The van der Waals surface area contributed by atoms with Crippen LogP contribution < -0.4 is 5.73 Å². The number of hydrogen-bond acceptors (Lipinski definition) is 2. The molecule has 1 fully saturated rings. The van der Waals surface area contributed by atoms with Crippen molar-refractivity contribution < 1.29 is 4.74 Å². The maximum atomic E-state index is 6.36. The minimum absolute atomic E-state index is 0.0729. The quantitative estimate of drug-likeness (QED) is 0.713. The van der Waals surface area contributed by atoms with Crippen LogP contribution in [-0.2, 0) is 4.74 Å². The van der Waals surface area contributed by atoms with Gasteiger partial charge in [0.1, 0.15) is 0 Å². The fourth-order valence-electron chi connectivity index (χ4n) is 2.18. The summed E-state index contributed by atoms with van der Waals surface area (Å²) in [7, 11) is 0. The smallest absolute Gasteiger partial charge is 0.0489 e. The topological polar surface area (TPSA) is 35.2 Å². The number of ether oxygens (including phenoxy) is 1. The molecule has 2 N–H and O–H groups in total. The maximum absolute atomic E-state index is 6.36. The van der Waals surface area contributed by atoms with Gasteiger partial charge in [-0.3, -0.25) is 0 Å². The van der Waals surface area contributed by atoms with Crippen molar-refractivity contribution in [1.29, 1.82) is 0 Å². The highest BCUT2D eigenvalue weighted by Gasteiger charge is 2.29. The summed E-state index contributed by atoms with van der Waals surface area (Å²) in [6.07, 6.45) is 5.98. The molecule has 15 heavy (non-hydrogen) atoms. The summed E-state index contributed by atoms with van der Waals surface area (Å²) < 4.78 is 5.61. The third-order valence-corrected chi connectivity index (χ3v) is 3.47. The van der Waals surface area contributed by atoms with Crippen molar-refractivity contribution in [3.63, 3.8) is 0 Å². The Labute approximate surface area is 94.6 Å². The monoisotopic (exact) mass is 213 g/mol. The summed E-state index contributed by atoms with van der Waals surface area (Å²) in [6.45, 7) is 8.39. The van der Waals surface area contributed by atoms with Crippen molar-refractivity contribution in [2.75, 3.05) is 13.2 Å². The van der Waals surface area contributed by atoms with E-state index in [9.17, 15) is 0 Å². The summed E-state index contributed by atoms with van der Waals surface area (Å²) >= 11 is 0. The molecule has 0 unspecified atom stereocenters. The van der Waals surface area contributed by atoms with E-state index in [1.807, 2.05) is 0 Å². The molecule has 1 rings (SSSR count). The molecule has 0 aromatic rings. The Balaban J connectivity index is 2.14. The zero-order valence-corrected chi connectivity index (χ0v) is 10.6. The molecule has 2 nitrogen and oxygen atoms in total. The van der Waals surface area contributed by atoms with Gasteiger partial charge >= 0.3 is 0 Å². The van der Waals surface area contributed by atoms with Gasteiger partial charge in [0.25, 0.3) is 0 Å². The lowest BCUT2D eigenvalue weighted by molar-refractivity contribution is 0.0830. The molecule has 0 atom stereocenters. The summed E-state index contributed by atoms with van der Waals surface area (Å²) in [4.78, 5) is 0. The van der Waals surface area contributed by atoms with E-state index in [1.165, 1.54) is 25.7 Å². The van der Waals surface area contributed by atoms with Crippen LogP contribution in [0.4, 0.5) is 0 Å². The minimum Gasteiger partial charge on any atom is -0.381 e. The molecule has 90 valence electrons. The highest BCUT2D eigenvalue weighted by molar-refractivity contribution is 4.88. The van der Waals surface area contributed by atoms with Gasteiger partial charge < -0.3 is 10.5 Å². The molecule has 1 aliphatic carbocycles. The van der Waals surface area contributed by atoms with Crippen LogP contribution in [0.15, 0.2) is 0 Å². The van der Waals surface area contributed by atoms with Crippen molar-refractivity contribution in [3.05, 3.63) is 0 Å². The lowest BCUT2D eigenvalue weighted by Gasteiger charge is -2.36. The molecule has 1 aliphatic rings. The SMILES string of the molecule is CC(C)COCCC1(N)CCC(C)CC1. The summed E-state index contributed by atoms with van der Waals surface area (Å²) in [5, 5.41) is 0. The first-order valence-corrected chi connectivity index (χ1v) is 6.38. The second kappa shape index (κ2) is 5.86. The largest absolute Gasteiger partial charge is 0.381 e. The molecule has 1 saturated carbocycles. The first-order valence-electron chi connectivity index (χ1n) is 6.38. The molecule has 0 spiro atoms. The van der Waals surface area contributed by atoms with Crippen LogP contribution in [-0.4, -0.2) is 18.8 Å². The van der Waals surface area contributed by atoms with Gasteiger partial charge in [0.2, 0.25) is 0 Å². The normalized spacial score (nSPS) is 32.2. The van der Waals surface area contributed by atoms with Crippen LogP contribution in [0.2, 0.25) is 0 Å². The number of nitrogens with two attached hydrogens (primary N) is 1. The Bertz CT molecular complexity index is 171. The first kappa shape index (κ1) is 13.0. The molecule has 0 aromatic heterocycles. The average molecular weight is 213 g/mol. The molecular weight excluding hydrogens is 186 g/mol. The van der Waals surface area contributed by atoms with E-state index in [-0.39, 0.29) is 5.54 Å². The van der Waals surface area contributed by atoms with Crippen LogP contribution in [0.5, 0.6) is 0 Å². The minimum atomic E-state index is 0.0729. The molecule has 0 heterocycles. The predicted molar refractivity (Wildman–Crippen MR) is 64.8 cm³/mol. The molecule has 0 bridgehead atoms. The molecule has 0 saturated heterocycles. The number of rotatable bonds is 5. The summed E-state index contributed by atoms with van der Waals surface area (Å²) in [5.41, 5.74) is 6.43. The average Bonchev–Trinajstić information content (AvgIpc) is 2.18. The van der Waals surface area contributed by atoms with Gasteiger partial charge in [-0.25, -0.2) is 0 Å². The lowest BCUT2D eigenvalue weighted by atomic mass is 9.76. The van der Waals surface area contributed by atoms with Crippen LogP contribution in [0.3, 0.4) is 0 Å². The Morgan fingerprint density at radius 1 is 1.33 bits per heavy atom. The van der Waals surface area contributed by atoms with E-state index in [0.717, 1.165) is 25.6 Å².